The molecule has 18 heavy (non-hydrogen) atoms. The van der Waals surface area contributed by atoms with Gasteiger partial charge >= 0.3 is 0 Å². The second-order valence-electron chi connectivity index (χ2n) is 4.96. The van der Waals surface area contributed by atoms with Crippen molar-refractivity contribution in [3.8, 4) is 0 Å². The van der Waals surface area contributed by atoms with Crippen LogP contribution in [-0.2, 0) is 10.2 Å². The summed E-state index contributed by atoms with van der Waals surface area (Å²) in [6, 6.07) is 0.180. The first-order valence-electron chi connectivity index (χ1n) is 7.01. The molecule has 0 radical (unpaired) electrons. The summed E-state index contributed by atoms with van der Waals surface area (Å²) in [6.45, 7) is 4.17. The number of rotatable bonds is 8. The first kappa shape index (κ1) is 15.9. The maximum atomic E-state index is 12.0. The topological polar surface area (TPSA) is 61.4 Å². The minimum Gasteiger partial charge on any atom is -0.315 e. The Labute approximate surface area is 112 Å². The van der Waals surface area contributed by atoms with Gasteiger partial charge < -0.3 is 5.32 Å². The highest BCUT2D eigenvalue weighted by Gasteiger charge is 2.26. The van der Waals surface area contributed by atoms with Crippen molar-refractivity contribution in [2.45, 2.75) is 51.5 Å². The van der Waals surface area contributed by atoms with Crippen LogP contribution in [0, 0.1) is 0 Å². The fourth-order valence-electron chi connectivity index (χ4n) is 2.31. The van der Waals surface area contributed by atoms with Crippen molar-refractivity contribution in [3.63, 3.8) is 0 Å². The van der Waals surface area contributed by atoms with E-state index in [2.05, 4.69) is 17.0 Å². The van der Waals surface area contributed by atoms with Crippen LogP contribution in [0.15, 0.2) is 0 Å². The van der Waals surface area contributed by atoms with Crippen LogP contribution in [0.1, 0.15) is 45.4 Å². The van der Waals surface area contributed by atoms with Gasteiger partial charge in [0.25, 0.3) is 10.2 Å². The third kappa shape index (κ3) is 5.22. The van der Waals surface area contributed by atoms with E-state index in [9.17, 15) is 8.42 Å². The smallest absolute Gasteiger partial charge is 0.279 e. The molecule has 0 aromatic heterocycles. The Morgan fingerprint density at radius 2 is 1.78 bits per heavy atom. The lowest BCUT2D eigenvalue weighted by atomic mass is 9.96. The van der Waals surface area contributed by atoms with Gasteiger partial charge in [-0.2, -0.15) is 12.7 Å². The zero-order chi connectivity index (χ0) is 13.4. The van der Waals surface area contributed by atoms with E-state index in [-0.39, 0.29) is 6.04 Å². The van der Waals surface area contributed by atoms with Crippen molar-refractivity contribution in [2.24, 2.45) is 0 Å². The van der Waals surface area contributed by atoms with E-state index in [1.165, 1.54) is 10.7 Å². The van der Waals surface area contributed by atoms with Gasteiger partial charge in [-0.25, -0.2) is 4.72 Å². The molecule has 0 aliphatic heterocycles. The zero-order valence-electron chi connectivity index (χ0n) is 11.6. The van der Waals surface area contributed by atoms with E-state index < -0.39 is 10.2 Å². The standard InChI is InChI=1S/C12H27N3O2S/c1-3-9-13-10-11-14-18(16,17)15(2)12-7-5-4-6-8-12/h12-14H,3-11H2,1-2H3. The summed E-state index contributed by atoms with van der Waals surface area (Å²) >= 11 is 0. The van der Waals surface area contributed by atoms with Gasteiger partial charge in [-0.1, -0.05) is 26.2 Å². The van der Waals surface area contributed by atoms with Crippen LogP contribution in [0.4, 0.5) is 0 Å². The number of nitrogens with one attached hydrogen (secondary N) is 2. The molecule has 2 N–H and O–H groups in total. The van der Waals surface area contributed by atoms with Crippen molar-refractivity contribution < 1.29 is 8.42 Å². The molecular weight excluding hydrogens is 250 g/mol. The minimum absolute atomic E-state index is 0.180. The lowest BCUT2D eigenvalue weighted by Gasteiger charge is -2.30. The van der Waals surface area contributed by atoms with Crippen LogP contribution < -0.4 is 10.0 Å². The van der Waals surface area contributed by atoms with Crippen molar-refractivity contribution in [3.05, 3.63) is 0 Å². The van der Waals surface area contributed by atoms with Crippen LogP contribution in [0.3, 0.4) is 0 Å². The molecule has 0 heterocycles. The average molecular weight is 277 g/mol. The molecule has 5 nitrogen and oxygen atoms in total. The largest absolute Gasteiger partial charge is 0.315 e. The molecule has 1 rings (SSSR count). The highest BCUT2D eigenvalue weighted by molar-refractivity contribution is 7.87. The number of nitrogens with zero attached hydrogens (tertiary/aromatic N) is 1. The van der Waals surface area contributed by atoms with Gasteiger partial charge in [0, 0.05) is 26.2 Å². The highest BCUT2D eigenvalue weighted by Crippen LogP contribution is 2.22. The predicted molar refractivity (Wildman–Crippen MR) is 74.7 cm³/mol. The SMILES string of the molecule is CCCNCCNS(=O)(=O)N(C)C1CCCCC1. The second kappa shape index (κ2) is 8.09. The molecule has 0 atom stereocenters. The molecule has 0 amide bonds. The lowest BCUT2D eigenvalue weighted by Crippen LogP contribution is -2.46. The van der Waals surface area contributed by atoms with Gasteiger partial charge in [0.05, 0.1) is 0 Å². The van der Waals surface area contributed by atoms with E-state index in [1.54, 1.807) is 7.05 Å². The fourth-order valence-corrected chi connectivity index (χ4v) is 3.48. The molecule has 0 bridgehead atoms. The van der Waals surface area contributed by atoms with E-state index in [0.717, 1.165) is 38.6 Å². The summed E-state index contributed by atoms with van der Waals surface area (Å²) in [5.74, 6) is 0. The Hall–Kier alpha value is -0.170. The van der Waals surface area contributed by atoms with Gasteiger partial charge in [-0.05, 0) is 25.8 Å². The fraction of sp³-hybridized carbons (Fsp3) is 1.00. The van der Waals surface area contributed by atoms with Gasteiger partial charge in [0.1, 0.15) is 0 Å². The summed E-state index contributed by atoms with van der Waals surface area (Å²) in [5, 5.41) is 3.18. The summed E-state index contributed by atoms with van der Waals surface area (Å²) in [5.41, 5.74) is 0. The molecule has 6 heteroatoms. The molecule has 0 aromatic carbocycles. The lowest BCUT2D eigenvalue weighted by molar-refractivity contribution is 0.283. The van der Waals surface area contributed by atoms with Crippen molar-refractivity contribution >= 4 is 10.2 Å². The minimum atomic E-state index is -3.30. The molecule has 0 aromatic rings. The van der Waals surface area contributed by atoms with Crippen LogP contribution in [0.25, 0.3) is 0 Å². The number of hydrogen-bond donors (Lipinski definition) is 2. The maximum Gasteiger partial charge on any atom is 0.279 e. The van der Waals surface area contributed by atoms with Crippen LogP contribution in [0.2, 0.25) is 0 Å². The number of hydrogen-bond acceptors (Lipinski definition) is 3. The van der Waals surface area contributed by atoms with Crippen molar-refractivity contribution in [2.75, 3.05) is 26.7 Å². The third-order valence-corrected chi connectivity index (χ3v) is 5.11. The molecule has 1 saturated carbocycles. The molecule has 0 unspecified atom stereocenters. The van der Waals surface area contributed by atoms with Gasteiger partial charge in [-0.3, -0.25) is 0 Å². The van der Waals surface area contributed by atoms with Gasteiger partial charge in [0.2, 0.25) is 0 Å². The summed E-state index contributed by atoms with van der Waals surface area (Å²) in [4.78, 5) is 0. The van der Waals surface area contributed by atoms with Crippen LogP contribution in [0.5, 0.6) is 0 Å². The Kier molecular flexibility index (Phi) is 7.14. The Balaban J connectivity index is 2.32. The van der Waals surface area contributed by atoms with E-state index in [4.69, 9.17) is 0 Å². The summed E-state index contributed by atoms with van der Waals surface area (Å²) < 4.78 is 28.3. The maximum absolute atomic E-state index is 12.0. The molecule has 1 fully saturated rings. The van der Waals surface area contributed by atoms with Crippen molar-refractivity contribution in [1.82, 2.24) is 14.3 Å². The van der Waals surface area contributed by atoms with Crippen molar-refractivity contribution in [1.29, 1.82) is 0 Å². The van der Waals surface area contributed by atoms with E-state index in [1.807, 2.05) is 0 Å². The Bertz CT molecular complexity index is 313. The molecular formula is C12H27N3O2S. The third-order valence-electron chi connectivity index (χ3n) is 3.48. The second-order valence-corrected chi connectivity index (χ2v) is 6.77. The monoisotopic (exact) mass is 277 g/mol. The summed E-state index contributed by atoms with van der Waals surface area (Å²) in [6.07, 6.45) is 6.57. The normalized spacial score (nSPS) is 18.4. The first-order valence-corrected chi connectivity index (χ1v) is 8.45. The molecule has 0 spiro atoms. The van der Waals surface area contributed by atoms with E-state index in [0.29, 0.717) is 13.1 Å². The average Bonchev–Trinajstić information content (AvgIpc) is 2.38. The molecule has 0 saturated heterocycles. The molecule has 108 valence electrons. The van der Waals surface area contributed by atoms with E-state index >= 15 is 0 Å². The predicted octanol–water partition coefficient (Wildman–Crippen LogP) is 1.08. The first-order chi connectivity index (χ1) is 8.58. The molecule has 1 aliphatic rings. The molecule has 1 aliphatic carbocycles. The summed E-state index contributed by atoms with van der Waals surface area (Å²) in [7, 11) is -1.61. The van der Waals surface area contributed by atoms with Crippen LogP contribution in [-0.4, -0.2) is 45.4 Å². The Morgan fingerprint density at radius 1 is 1.11 bits per heavy atom. The highest BCUT2D eigenvalue weighted by atomic mass is 32.2. The van der Waals surface area contributed by atoms with Crippen LogP contribution >= 0.6 is 0 Å². The van der Waals surface area contributed by atoms with Gasteiger partial charge in [0.15, 0.2) is 0 Å². The zero-order valence-corrected chi connectivity index (χ0v) is 12.4. The van der Waals surface area contributed by atoms with Gasteiger partial charge in [-0.15, -0.1) is 0 Å². The quantitative estimate of drug-likeness (QED) is 0.653. The Morgan fingerprint density at radius 3 is 2.39 bits per heavy atom.